The molecule has 0 aromatic heterocycles. The number of amides is 2. The molecule has 3 saturated heterocycles. The number of carbonyl (C=O) groups excluding carboxylic acids is 2. The minimum Gasteiger partial charge on any atom is -0.495 e. The summed E-state index contributed by atoms with van der Waals surface area (Å²) in [7, 11) is 1.55. The van der Waals surface area contributed by atoms with E-state index in [0.717, 1.165) is 39.0 Å². The van der Waals surface area contributed by atoms with Gasteiger partial charge < -0.3 is 19.3 Å². The third-order valence-electron chi connectivity index (χ3n) is 5.87. The number of methoxy groups -OCH3 is 1. The van der Waals surface area contributed by atoms with Crippen LogP contribution in [-0.2, 0) is 14.3 Å². The van der Waals surface area contributed by atoms with Gasteiger partial charge in [-0.15, -0.1) is 0 Å². The molecule has 3 aliphatic rings. The normalized spacial score (nSPS) is 24.7. The zero-order valence-corrected chi connectivity index (χ0v) is 15.6. The number of carbonyl (C=O) groups is 2. The van der Waals surface area contributed by atoms with Crippen molar-refractivity contribution in [2.45, 2.75) is 31.3 Å². The lowest BCUT2D eigenvalue weighted by molar-refractivity contribution is -0.177. The van der Waals surface area contributed by atoms with Gasteiger partial charge in [-0.25, -0.2) is 0 Å². The van der Waals surface area contributed by atoms with E-state index in [2.05, 4.69) is 0 Å². The number of rotatable bonds is 3. The van der Waals surface area contributed by atoms with Crippen LogP contribution in [0.3, 0.4) is 0 Å². The number of nitrogens with zero attached hydrogens (tertiary/aromatic N) is 2. The van der Waals surface area contributed by atoms with Crippen molar-refractivity contribution in [3.8, 4) is 5.75 Å². The number of hydrogen-bond acceptors (Lipinski definition) is 4. The lowest BCUT2D eigenvalue weighted by Crippen LogP contribution is -2.54. The number of ether oxygens (including phenoxy) is 2. The first-order valence-electron chi connectivity index (χ1n) is 9.08. The molecule has 3 heterocycles. The molecule has 1 atom stereocenters. The lowest BCUT2D eigenvalue weighted by Gasteiger charge is -2.47. The molecule has 0 saturated carbocycles. The van der Waals surface area contributed by atoms with E-state index >= 15 is 0 Å². The van der Waals surface area contributed by atoms with Crippen LogP contribution < -0.4 is 9.64 Å². The first-order chi connectivity index (χ1) is 12.5. The van der Waals surface area contributed by atoms with Gasteiger partial charge >= 0.3 is 0 Å². The molecule has 1 spiro atoms. The molecule has 0 aliphatic carbocycles. The Morgan fingerprint density at radius 2 is 2.04 bits per heavy atom. The van der Waals surface area contributed by atoms with Gasteiger partial charge in [0.15, 0.2) is 0 Å². The average Bonchev–Trinajstić information content (AvgIpc) is 3.01. The number of hydrogen-bond donors (Lipinski definition) is 0. The molecular formula is C19H23ClN2O4. The van der Waals surface area contributed by atoms with Crippen LogP contribution in [0.1, 0.15) is 25.7 Å². The van der Waals surface area contributed by atoms with Crippen molar-refractivity contribution in [3.63, 3.8) is 0 Å². The van der Waals surface area contributed by atoms with E-state index in [0.29, 0.717) is 23.0 Å². The van der Waals surface area contributed by atoms with E-state index in [1.165, 1.54) is 0 Å². The van der Waals surface area contributed by atoms with Crippen LogP contribution in [0, 0.1) is 5.92 Å². The van der Waals surface area contributed by atoms with Crippen molar-refractivity contribution in [1.82, 2.24) is 4.90 Å². The SMILES string of the molecule is COc1ccc(N2C[C@H](C(=O)N3CCC4(CCO4)CC3)CC2=O)cc1Cl. The smallest absolute Gasteiger partial charge is 0.228 e. The summed E-state index contributed by atoms with van der Waals surface area (Å²) in [4.78, 5) is 28.9. The first-order valence-corrected chi connectivity index (χ1v) is 9.46. The lowest BCUT2D eigenvalue weighted by atomic mass is 9.84. The van der Waals surface area contributed by atoms with E-state index in [1.54, 1.807) is 30.2 Å². The largest absolute Gasteiger partial charge is 0.495 e. The van der Waals surface area contributed by atoms with E-state index in [-0.39, 0.29) is 29.8 Å². The Hall–Kier alpha value is -1.79. The summed E-state index contributed by atoms with van der Waals surface area (Å²) in [5, 5.41) is 0.453. The fraction of sp³-hybridized carbons (Fsp3) is 0.579. The third-order valence-corrected chi connectivity index (χ3v) is 6.17. The van der Waals surface area contributed by atoms with Gasteiger partial charge in [-0.2, -0.15) is 0 Å². The quantitative estimate of drug-likeness (QED) is 0.810. The van der Waals surface area contributed by atoms with Crippen LogP contribution in [0.25, 0.3) is 0 Å². The van der Waals surface area contributed by atoms with E-state index in [9.17, 15) is 9.59 Å². The fourth-order valence-electron chi connectivity index (χ4n) is 4.12. The minimum atomic E-state index is -0.292. The Kier molecular flexibility index (Phi) is 4.57. The molecule has 6 nitrogen and oxygen atoms in total. The standard InChI is InChI=1S/C19H23ClN2O4/c1-25-16-3-2-14(11-15(16)20)22-12-13(10-17(22)23)18(24)21-7-4-19(5-8-21)6-9-26-19/h2-3,11,13H,4-10,12H2,1H3/t13-/m1/s1. The second-order valence-electron chi connectivity index (χ2n) is 7.33. The van der Waals surface area contributed by atoms with Gasteiger partial charge in [-0.1, -0.05) is 11.6 Å². The van der Waals surface area contributed by atoms with Crippen molar-refractivity contribution < 1.29 is 19.1 Å². The molecule has 7 heteroatoms. The Balaban J connectivity index is 1.41. The molecule has 140 valence electrons. The van der Waals surface area contributed by atoms with Gasteiger partial charge in [0.05, 0.1) is 30.3 Å². The van der Waals surface area contributed by atoms with Gasteiger partial charge in [0, 0.05) is 31.7 Å². The molecule has 2 amide bonds. The van der Waals surface area contributed by atoms with Gasteiger partial charge in [0.2, 0.25) is 11.8 Å². The molecule has 0 radical (unpaired) electrons. The molecule has 26 heavy (non-hydrogen) atoms. The molecule has 3 fully saturated rings. The van der Waals surface area contributed by atoms with E-state index < -0.39 is 0 Å². The highest BCUT2D eigenvalue weighted by Crippen LogP contribution is 2.38. The summed E-state index contributed by atoms with van der Waals surface area (Å²) in [5.74, 6) is 0.310. The molecule has 1 aromatic rings. The molecule has 0 N–H and O–H groups in total. The van der Waals surface area contributed by atoms with Crippen LogP contribution >= 0.6 is 11.6 Å². The van der Waals surface area contributed by atoms with Gasteiger partial charge in [-0.3, -0.25) is 9.59 Å². The van der Waals surface area contributed by atoms with Crippen molar-refractivity contribution >= 4 is 29.1 Å². The number of likely N-dealkylation sites (tertiary alicyclic amines) is 1. The van der Waals surface area contributed by atoms with Crippen molar-refractivity contribution in [1.29, 1.82) is 0 Å². The van der Waals surface area contributed by atoms with Gasteiger partial charge in [0.25, 0.3) is 0 Å². The topological polar surface area (TPSA) is 59.1 Å². The Labute approximate surface area is 158 Å². The predicted molar refractivity (Wildman–Crippen MR) is 97.6 cm³/mol. The monoisotopic (exact) mass is 378 g/mol. The summed E-state index contributed by atoms with van der Waals surface area (Å²) in [5.41, 5.74) is 0.727. The number of benzene rings is 1. The second-order valence-corrected chi connectivity index (χ2v) is 7.74. The zero-order chi connectivity index (χ0) is 18.3. The zero-order valence-electron chi connectivity index (χ0n) is 14.9. The summed E-state index contributed by atoms with van der Waals surface area (Å²) in [6.07, 6.45) is 3.15. The van der Waals surface area contributed by atoms with E-state index in [4.69, 9.17) is 21.1 Å². The average molecular weight is 379 g/mol. The number of halogens is 1. The molecule has 3 aliphatic heterocycles. The highest BCUT2D eigenvalue weighted by Gasteiger charge is 2.44. The molecule has 0 unspecified atom stereocenters. The van der Waals surface area contributed by atoms with Crippen molar-refractivity contribution in [2.24, 2.45) is 5.92 Å². The highest BCUT2D eigenvalue weighted by molar-refractivity contribution is 6.32. The summed E-state index contributed by atoms with van der Waals surface area (Å²) >= 11 is 6.17. The summed E-state index contributed by atoms with van der Waals surface area (Å²) < 4.78 is 10.9. The van der Waals surface area contributed by atoms with Crippen LogP contribution in [-0.4, -0.2) is 55.7 Å². The Morgan fingerprint density at radius 1 is 1.31 bits per heavy atom. The first kappa shape index (κ1) is 17.6. The van der Waals surface area contributed by atoms with Crippen LogP contribution in [0.2, 0.25) is 5.02 Å². The molecule has 1 aromatic carbocycles. The van der Waals surface area contributed by atoms with Crippen molar-refractivity contribution in [2.75, 3.05) is 38.3 Å². The fourth-order valence-corrected chi connectivity index (χ4v) is 4.38. The van der Waals surface area contributed by atoms with Crippen LogP contribution in [0.5, 0.6) is 5.75 Å². The van der Waals surface area contributed by atoms with Gasteiger partial charge in [0.1, 0.15) is 5.75 Å². The number of piperidine rings is 1. The van der Waals surface area contributed by atoms with Crippen molar-refractivity contribution in [3.05, 3.63) is 23.2 Å². The summed E-state index contributed by atoms with van der Waals surface area (Å²) in [6.45, 7) is 2.68. The van der Waals surface area contributed by atoms with Gasteiger partial charge in [-0.05, 0) is 37.5 Å². The minimum absolute atomic E-state index is 0.0220. The Morgan fingerprint density at radius 3 is 2.62 bits per heavy atom. The number of anilines is 1. The Bertz CT molecular complexity index is 724. The predicted octanol–water partition coefficient (Wildman–Crippen LogP) is 2.48. The maximum atomic E-state index is 12.9. The third kappa shape index (κ3) is 3.05. The second kappa shape index (κ2) is 6.74. The van der Waals surface area contributed by atoms with Crippen LogP contribution in [0.4, 0.5) is 5.69 Å². The molecular weight excluding hydrogens is 356 g/mol. The van der Waals surface area contributed by atoms with Crippen LogP contribution in [0.15, 0.2) is 18.2 Å². The molecule has 0 bridgehead atoms. The summed E-state index contributed by atoms with van der Waals surface area (Å²) in [6, 6.07) is 5.25. The highest BCUT2D eigenvalue weighted by atomic mass is 35.5. The van der Waals surface area contributed by atoms with E-state index in [1.807, 2.05) is 4.90 Å². The maximum Gasteiger partial charge on any atom is 0.228 e. The maximum absolute atomic E-state index is 12.9. The molecule has 4 rings (SSSR count).